The van der Waals surface area contributed by atoms with Gasteiger partial charge in [0.15, 0.2) is 5.82 Å². The van der Waals surface area contributed by atoms with Crippen molar-refractivity contribution in [1.29, 1.82) is 0 Å². The quantitative estimate of drug-likeness (QED) is 0.740. The molecule has 0 radical (unpaired) electrons. The lowest BCUT2D eigenvalue weighted by Crippen LogP contribution is -2.41. The van der Waals surface area contributed by atoms with E-state index in [1.54, 1.807) is 19.1 Å². The summed E-state index contributed by atoms with van der Waals surface area (Å²) < 4.78 is 5.43. The molecule has 1 aromatic heterocycles. The third-order valence-corrected chi connectivity index (χ3v) is 6.35. The first-order valence-corrected chi connectivity index (χ1v) is 11.0. The molecule has 2 aromatic rings. The molecule has 1 saturated carbocycles. The fraction of sp³-hybridized carbons (Fsp3) is 0.545. The van der Waals surface area contributed by atoms with E-state index in [9.17, 15) is 9.59 Å². The van der Waals surface area contributed by atoms with Gasteiger partial charge in [-0.2, -0.15) is 4.98 Å². The van der Waals surface area contributed by atoms with Crippen LogP contribution in [0.4, 0.5) is 0 Å². The number of rotatable bonds is 4. The molecule has 1 atom stereocenters. The van der Waals surface area contributed by atoms with E-state index in [1.165, 1.54) is 0 Å². The highest BCUT2D eigenvalue weighted by atomic mass is 35.5. The van der Waals surface area contributed by atoms with Crippen LogP contribution in [0.3, 0.4) is 0 Å². The molecule has 2 amide bonds. The third-order valence-electron chi connectivity index (χ3n) is 6.10. The Morgan fingerprint density at radius 1 is 1.10 bits per heavy atom. The molecule has 0 N–H and O–H groups in total. The Bertz CT molecular complexity index is 892. The summed E-state index contributed by atoms with van der Waals surface area (Å²) in [7, 11) is 0. The average Bonchev–Trinajstić information content (AvgIpc) is 3.37. The summed E-state index contributed by atoms with van der Waals surface area (Å²) in [6.07, 6.45) is 4.97. The largest absolute Gasteiger partial charge is 0.341 e. The van der Waals surface area contributed by atoms with Crippen LogP contribution in [0.2, 0.25) is 5.02 Å². The Morgan fingerprint density at radius 3 is 2.50 bits per heavy atom. The van der Waals surface area contributed by atoms with Crippen molar-refractivity contribution in [1.82, 2.24) is 19.9 Å². The van der Waals surface area contributed by atoms with E-state index in [0.717, 1.165) is 31.2 Å². The molecule has 0 bridgehead atoms. The van der Waals surface area contributed by atoms with Crippen molar-refractivity contribution in [2.24, 2.45) is 5.92 Å². The summed E-state index contributed by atoms with van der Waals surface area (Å²) in [6, 6.07) is 7.05. The number of carbonyl (C=O) groups excluding carboxylic acids is 2. The van der Waals surface area contributed by atoms with Crippen LogP contribution >= 0.6 is 11.6 Å². The van der Waals surface area contributed by atoms with Crippen LogP contribution in [-0.4, -0.2) is 51.4 Å². The molecule has 0 spiro atoms. The van der Waals surface area contributed by atoms with Crippen molar-refractivity contribution in [2.75, 3.05) is 19.6 Å². The van der Waals surface area contributed by atoms with E-state index in [4.69, 9.17) is 16.1 Å². The molecule has 1 aromatic carbocycles. The highest BCUT2D eigenvalue weighted by Crippen LogP contribution is 2.32. The van der Waals surface area contributed by atoms with Crippen LogP contribution in [-0.2, 0) is 16.0 Å². The van der Waals surface area contributed by atoms with Crippen LogP contribution in [0, 0.1) is 12.8 Å². The van der Waals surface area contributed by atoms with E-state index in [1.807, 2.05) is 21.9 Å². The molecule has 1 saturated heterocycles. The van der Waals surface area contributed by atoms with Gasteiger partial charge >= 0.3 is 0 Å². The predicted octanol–water partition coefficient (Wildman–Crippen LogP) is 3.57. The van der Waals surface area contributed by atoms with E-state index < -0.39 is 0 Å². The highest BCUT2D eigenvalue weighted by molar-refractivity contribution is 6.30. The van der Waals surface area contributed by atoms with Crippen molar-refractivity contribution in [3.05, 3.63) is 46.6 Å². The molecule has 4 rings (SSSR count). The fourth-order valence-corrected chi connectivity index (χ4v) is 4.57. The summed E-state index contributed by atoms with van der Waals surface area (Å²) in [5, 5.41) is 4.57. The lowest BCUT2D eigenvalue weighted by atomic mass is 10.0. The minimum atomic E-state index is -0.285. The zero-order chi connectivity index (χ0) is 21.1. The molecular weight excluding hydrogens is 404 g/mol. The zero-order valence-electron chi connectivity index (χ0n) is 17.2. The second-order valence-electron chi connectivity index (χ2n) is 8.18. The number of amides is 2. The maximum absolute atomic E-state index is 13.3. The van der Waals surface area contributed by atoms with Gasteiger partial charge in [0, 0.05) is 30.6 Å². The van der Waals surface area contributed by atoms with Crippen LogP contribution < -0.4 is 0 Å². The van der Waals surface area contributed by atoms with Crippen molar-refractivity contribution in [2.45, 2.75) is 51.5 Å². The summed E-state index contributed by atoms with van der Waals surface area (Å²) >= 11 is 5.94. The van der Waals surface area contributed by atoms with Crippen molar-refractivity contribution < 1.29 is 14.1 Å². The molecule has 30 heavy (non-hydrogen) atoms. The molecule has 2 aliphatic rings. The number of benzene rings is 1. The van der Waals surface area contributed by atoms with Crippen molar-refractivity contribution in [3.8, 4) is 0 Å². The van der Waals surface area contributed by atoms with Gasteiger partial charge in [-0.05, 0) is 43.9 Å². The van der Waals surface area contributed by atoms with Crippen LogP contribution in [0.5, 0.6) is 0 Å². The zero-order valence-corrected chi connectivity index (χ0v) is 18.0. The molecule has 1 unspecified atom stereocenters. The Hall–Kier alpha value is -2.41. The van der Waals surface area contributed by atoms with E-state index in [2.05, 4.69) is 10.1 Å². The fourth-order valence-electron chi connectivity index (χ4n) is 4.44. The van der Waals surface area contributed by atoms with E-state index in [0.29, 0.717) is 49.2 Å². The summed E-state index contributed by atoms with van der Waals surface area (Å²) in [6.45, 7) is 3.31. The number of hydrogen-bond acceptors (Lipinski definition) is 5. The first-order valence-electron chi connectivity index (χ1n) is 10.6. The maximum atomic E-state index is 13.3. The molecule has 8 heteroatoms. The lowest BCUT2D eigenvalue weighted by molar-refractivity contribution is -0.138. The first kappa shape index (κ1) is 20.8. The average molecular weight is 431 g/mol. The number of nitrogens with zero attached hydrogens (tertiary/aromatic N) is 4. The maximum Gasteiger partial charge on any atom is 0.249 e. The van der Waals surface area contributed by atoms with E-state index >= 15 is 0 Å². The number of hydrogen-bond donors (Lipinski definition) is 0. The highest BCUT2D eigenvalue weighted by Gasteiger charge is 2.37. The summed E-state index contributed by atoms with van der Waals surface area (Å²) in [4.78, 5) is 34.3. The van der Waals surface area contributed by atoms with Crippen molar-refractivity contribution in [3.63, 3.8) is 0 Å². The Kier molecular flexibility index (Phi) is 6.37. The van der Waals surface area contributed by atoms with Gasteiger partial charge in [0.1, 0.15) is 6.04 Å². The second-order valence-corrected chi connectivity index (χ2v) is 8.62. The molecule has 160 valence electrons. The predicted molar refractivity (Wildman–Crippen MR) is 112 cm³/mol. The molecule has 2 heterocycles. The lowest BCUT2D eigenvalue weighted by Gasteiger charge is -2.29. The van der Waals surface area contributed by atoms with Gasteiger partial charge in [-0.1, -0.05) is 41.7 Å². The molecule has 7 nitrogen and oxygen atoms in total. The first-order chi connectivity index (χ1) is 14.5. The molecule has 1 aliphatic heterocycles. The second kappa shape index (κ2) is 9.16. The molecule has 2 fully saturated rings. The summed E-state index contributed by atoms with van der Waals surface area (Å²) in [5.74, 6) is 1.28. The number of halogens is 1. The number of aromatic nitrogens is 2. The van der Waals surface area contributed by atoms with Crippen molar-refractivity contribution >= 4 is 23.4 Å². The van der Waals surface area contributed by atoms with Crippen LogP contribution in [0.1, 0.15) is 55.4 Å². The van der Waals surface area contributed by atoms with Gasteiger partial charge in [-0.15, -0.1) is 0 Å². The van der Waals surface area contributed by atoms with Gasteiger partial charge < -0.3 is 14.3 Å². The molecule has 1 aliphatic carbocycles. The van der Waals surface area contributed by atoms with Crippen LogP contribution in [0.15, 0.2) is 28.8 Å². The van der Waals surface area contributed by atoms with Gasteiger partial charge in [-0.3, -0.25) is 9.59 Å². The Morgan fingerprint density at radius 2 is 1.83 bits per heavy atom. The number of aryl methyl sites for hydroxylation is 1. The molecular formula is C22H27ClN4O3. The van der Waals surface area contributed by atoms with Gasteiger partial charge in [0.25, 0.3) is 0 Å². The monoisotopic (exact) mass is 430 g/mol. The topological polar surface area (TPSA) is 79.5 Å². The third kappa shape index (κ3) is 4.67. The van der Waals surface area contributed by atoms with Gasteiger partial charge in [0.05, 0.1) is 6.42 Å². The minimum absolute atomic E-state index is 0.0490. The Labute approximate surface area is 181 Å². The van der Waals surface area contributed by atoms with Crippen LogP contribution in [0.25, 0.3) is 0 Å². The normalized spacial score (nSPS) is 20.4. The smallest absolute Gasteiger partial charge is 0.249 e. The standard InChI is InChI=1S/C22H27ClN4O3/c1-15-24-21(30-25-15)19-10-11-26(20(28)14-16-6-8-18(23)9-7-16)12-13-27(19)22(29)17-4-2-3-5-17/h6-9,17,19H,2-5,10-14H2,1H3. The Balaban J connectivity index is 1.49. The SMILES string of the molecule is Cc1noc(C2CCN(C(=O)Cc3ccc(Cl)cc3)CCN2C(=O)C2CCCC2)n1. The van der Waals surface area contributed by atoms with Gasteiger partial charge in [-0.25, -0.2) is 0 Å². The number of carbonyl (C=O) groups is 2. The minimum Gasteiger partial charge on any atom is -0.341 e. The van der Waals surface area contributed by atoms with Gasteiger partial charge in [0.2, 0.25) is 17.7 Å². The van der Waals surface area contributed by atoms with E-state index in [-0.39, 0.29) is 23.8 Å². The summed E-state index contributed by atoms with van der Waals surface area (Å²) in [5.41, 5.74) is 0.927.